The molecule has 3 saturated heterocycles. The van der Waals surface area contributed by atoms with Gasteiger partial charge >= 0.3 is 0 Å². The fourth-order valence-corrected chi connectivity index (χ4v) is 19.9. The smallest absolute Gasteiger partial charge is 0.274 e. The first-order chi connectivity index (χ1) is 65.9. The van der Waals surface area contributed by atoms with Crippen LogP contribution in [0.5, 0.6) is 0 Å². The highest BCUT2D eigenvalue weighted by molar-refractivity contribution is 7.20. The van der Waals surface area contributed by atoms with Gasteiger partial charge in [0.05, 0.1) is 73.6 Å². The van der Waals surface area contributed by atoms with Gasteiger partial charge in [-0.05, 0) is 192 Å². The summed E-state index contributed by atoms with van der Waals surface area (Å²) >= 11 is 7.12. The van der Waals surface area contributed by atoms with Gasteiger partial charge in [-0.3, -0.25) is 24.0 Å². The zero-order valence-corrected chi connectivity index (χ0v) is 82.3. The highest BCUT2D eigenvalue weighted by Crippen LogP contribution is 2.36. The maximum atomic E-state index is 13.5. The minimum atomic E-state index is -0.518. The molecular weight excluding hydrogens is 1840 g/mol. The number of rotatable bonds is 32. The topological polar surface area (TPSA) is 421 Å². The summed E-state index contributed by atoms with van der Waals surface area (Å²) in [5.74, 6) is 1.70. The summed E-state index contributed by atoms with van der Waals surface area (Å²) in [6, 6.07) is 42.2. The van der Waals surface area contributed by atoms with Crippen molar-refractivity contribution in [2.45, 2.75) is 202 Å². The Kier molecular flexibility index (Phi) is 34.7. The van der Waals surface area contributed by atoms with Crippen LogP contribution in [0.15, 0.2) is 140 Å². The molecule has 0 radical (unpaired) electrons. The van der Waals surface area contributed by atoms with Crippen LogP contribution in [0.1, 0.15) is 255 Å². The highest BCUT2D eigenvalue weighted by atomic mass is 32.1. The standard InChI is InChI=1S/2C21H23FN4O2S.C19H21N5O2S.2C19H22N4O2S/c2*1-12(15-4-3-5-16(22)10-15)23-21-25-18(19-20(26-21)24-13(2)29-19)17(27)7-6-14-8-9-28-11-14;1-11(13-6-4-3-5-7-13)20-19-22-15(16-17(23-19)21-12(2)27-16)18(26)24-9-8-14(25)10-24;2*1-11(24)9-10-15(25)16-17-18(21-13(3)26-17)23-19(22-16)20-12(2)14-7-5-4-6-8-14/h2*3-5,10,12,14H,6-9,11H2,1-2H3,(H,23,25,26);3-7,11,14,25H,8-10H2,1-2H3,(H,20,22,23);2*4-8,11-12,24H,9-10H2,1-3H3,(H,20,22,23)/t12-,14+;12-,14-;11-,14+;11-,12+;11-,12-/m00010/s1. The van der Waals surface area contributed by atoms with Gasteiger partial charge in [0.2, 0.25) is 29.7 Å². The summed E-state index contributed by atoms with van der Waals surface area (Å²) in [6.07, 6.45) is 4.85. The Morgan fingerprint density at radius 3 is 0.920 bits per heavy atom. The van der Waals surface area contributed by atoms with Gasteiger partial charge in [0.15, 0.2) is 57.1 Å². The molecule has 0 saturated carbocycles. The molecule has 716 valence electrons. The molecule has 15 aromatic rings. The van der Waals surface area contributed by atoms with Crippen molar-refractivity contribution in [2.75, 3.05) is 66.1 Å². The number of aliphatic hydroxyl groups excluding tert-OH is 3. The Bertz CT molecular complexity index is 6380. The van der Waals surface area contributed by atoms with Gasteiger partial charge in [-0.2, -0.15) is 24.9 Å². The number of nitrogens with one attached hydrogen (secondary N) is 5. The average molecular weight is 1950 g/mol. The molecule has 3 aliphatic heterocycles. The largest absolute Gasteiger partial charge is 0.393 e. The third-order valence-corrected chi connectivity index (χ3v) is 27.9. The molecule has 0 spiro atoms. The number of aromatic nitrogens is 15. The van der Waals surface area contributed by atoms with Crippen molar-refractivity contribution >= 4 is 167 Å². The molecule has 38 heteroatoms. The van der Waals surface area contributed by atoms with E-state index < -0.39 is 18.3 Å². The number of benzene rings is 5. The number of halogens is 2. The van der Waals surface area contributed by atoms with E-state index in [4.69, 9.17) is 9.47 Å². The number of β-amino-alcohol motifs (C(OH)–C–C–N with tert-alkyl or cyclic N) is 1. The van der Waals surface area contributed by atoms with Crippen LogP contribution in [0, 0.1) is 58.1 Å². The average Bonchev–Trinajstić information content (AvgIpc) is 1.66. The van der Waals surface area contributed by atoms with Crippen LogP contribution in [0.25, 0.3) is 51.7 Å². The zero-order valence-electron chi connectivity index (χ0n) is 78.2. The molecule has 1 amide bonds. The molecule has 3 aliphatic rings. The molecule has 13 heterocycles. The quantitative estimate of drug-likeness (QED) is 0.0182. The predicted molar refractivity (Wildman–Crippen MR) is 534 cm³/mol. The highest BCUT2D eigenvalue weighted by Gasteiger charge is 2.32. The number of ether oxygens (including phenoxy) is 2. The van der Waals surface area contributed by atoms with Gasteiger partial charge in [0.25, 0.3) is 5.91 Å². The summed E-state index contributed by atoms with van der Waals surface area (Å²) in [4.78, 5) is 133. The van der Waals surface area contributed by atoms with E-state index >= 15 is 0 Å². The van der Waals surface area contributed by atoms with Crippen LogP contribution in [-0.4, -0.2) is 182 Å². The van der Waals surface area contributed by atoms with E-state index in [1.54, 1.807) is 30.9 Å². The van der Waals surface area contributed by atoms with E-state index in [-0.39, 0.29) is 83.7 Å². The third kappa shape index (κ3) is 27.4. The Labute approximate surface area is 811 Å². The van der Waals surface area contributed by atoms with Crippen LogP contribution in [0.4, 0.5) is 38.5 Å². The molecule has 0 unspecified atom stereocenters. The van der Waals surface area contributed by atoms with Crippen LogP contribution < -0.4 is 26.6 Å². The zero-order chi connectivity index (χ0) is 97.1. The summed E-state index contributed by atoms with van der Waals surface area (Å²) in [5.41, 5.74) is 9.42. The number of carbonyl (C=O) groups excluding carboxylic acids is 5. The molecule has 0 aliphatic carbocycles. The molecule has 10 atom stereocenters. The van der Waals surface area contributed by atoms with Crippen molar-refractivity contribution in [1.29, 1.82) is 0 Å². The number of nitrogens with zero attached hydrogens (tertiary/aromatic N) is 16. The van der Waals surface area contributed by atoms with Gasteiger partial charge in [0, 0.05) is 65.2 Å². The van der Waals surface area contributed by atoms with Gasteiger partial charge in [-0.15, -0.1) is 56.7 Å². The molecule has 137 heavy (non-hydrogen) atoms. The monoisotopic (exact) mass is 1950 g/mol. The van der Waals surface area contributed by atoms with Crippen molar-refractivity contribution in [2.24, 2.45) is 11.8 Å². The molecule has 18 rings (SSSR count). The van der Waals surface area contributed by atoms with Crippen LogP contribution in [-0.2, 0) is 9.47 Å². The van der Waals surface area contributed by atoms with Gasteiger partial charge < -0.3 is 56.3 Å². The summed E-state index contributed by atoms with van der Waals surface area (Å²) in [6.45, 7) is 26.5. The van der Waals surface area contributed by atoms with Crippen LogP contribution >= 0.6 is 56.7 Å². The number of thiazole rings is 5. The van der Waals surface area contributed by atoms with E-state index in [2.05, 4.69) is 101 Å². The fraction of sp³-hybridized carbons (Fsp3) is 0.394. The second-order valence-corrected chi connectivity index (χ2v) is 40.3. The van der Waals surface area contributed by atoms with Gasteiger partial charge in [0.1, 0.15) is 57.9 Å². The number of aliphatic hydroxyl groups is 3. The Balaban J connectivity index is 0.000000137. The molecule has 0 bridgehead atoms. The number of fused-ring (bicyclic) bond motifs is 5. The number of Topliss-reactive ketones (excluding diaryl/α,β-unsaturated/α-hetero) is 4. The molecular formula is C99H111F2N21O10S5. The van der Waals surface area contributed by atoms with Crippen molar-refractivity contribution < 1.29 is 57.5 Å². The predicted octanol–water partition coefficient (Wildman–Crippen LogP) is 20.0. The second kappa shape index (κ2) is 47.2. The number of hydrogen-bond acceptors (Lipinski definition) is 35. The molecule has 3 fully saturated rings. The number of likely N-dealkylation sites (tertiary alicyclic amines) is 1. The maximum absolute atomic E-state index is 13.5. The summed E-state index contributed by atoms with van der Waals surface area (Å²) < 4.78 is 41.4. The van der Waals surface area contributed by atoms with Crippen LogP contribution in [0.2, 0.25) is 0 Å². The molecule has 31 nitrogen and oxygen atoms in total. The van der Waals surface area contributed by atoms with Crippen molar-refractivity contribution in [3.8, 4) is 0 Å². The van der Waals surface area contributed by atoms with E-state index in [1.807, 2.05) is 172 Å². The van der Waals surface area contributed by atoms with E-state index in [9.17, 15) is 48.1 Å². The Morgan fingerprint density at radius 2 is 0.650 bits per heavy atom. The van der Waals surface area contributed by atoms with E-state index in [0.29, 0.717) is 158 Å². The van der Waals surface area contributed by atoms with E-state index in [1.165, 1.54) is 80.9 Å². The SMILES string of the molecule is Cc1nc2nc(N[C@@H](C)c3cccc(F)c3)nc(C(=O)CC[C@@H]3CCOC3)c2s1.Cc1nc2nc(N[C@@H](C)c3cccc(F)c3)nc(C(=O)CC[C@H]3CCOC3)c2s1.Cc1nc2nc(N[C@@H](C)c3ccccc3)nc(C(=O)CC[C@@H](C)O)c2s1.Cc1nc2nc(N[C@@H](C)c3ccccc3)nc(C(=O)CC[C@H](C)O)c2s1.Cc1nc2nc(N[C@@H](C)c3ccccc3)nc(C(=O)N3CC[C@@H](O)C3)c2s1. The Morgan fingerprint density at radius 1 is 0.372 bits per heavy atom. The lowest BCUT2D eigenvalue weighted by molar-refractivity contribution is 0.0760. The van der Waals surface area contributed by atoms with Crippen molar-refractivity contribution in [1.82, 2.24) is 79.7 Å². The van der Waals surface area contributed by atoms with Gasteiger partial charge in [-0.25, -0.2) is 58.6 Å². The summed E-state index contributed by atoms with van der Waals surface area (Å²) in [7, 11) is 0. The molecule has 8 N–H and O–H groups in total. The number of anilines is 5. The van der Waals surface area contributed by atoms with Crippen LogP contribution in [0.3, 0.4) is 0 Å². The third-order valence-electron chi connectivity index (χ3n) is 23.0. The molecule has 10 aromatic heterocycles. The lowest BCUT2D eigenvalue weighted by Gasteiger charge is -2.17. The maximum Gasteiger partial charge on any atom is 0.274 e. The number of ketones is 4. The van der Waals surface area contributed by atoms with Crippen molar-refractivity contribution in [3.05, 3.63) is 232 Å². The lowest BCUT2D eigenvalue weighted by Crippen LogP contribution is -2.30. The minimum absolute atomic E-state index is 0.00518. The first-order valence-corrected chi connectivity index (χ1v) is 49.8. The number of hydrogen-bond donors (Lipinski definition) is 8. The number of carbonyl (C=O) groups is 5. The normalized spacial score (nSPS) is 16.1. The minimum Gasteiger partial charge on any atom is -0.393 e. The second-order valence-electron chi connectivity index (χ2n) is 34.3. The van der Waals surface area contributed by atoms with Gasteiger partial charge in [-0.1, -0.05) is 115 Å². The first-order valence-electron chi connectivity index (χ1n) is 45.7. The van der Waals surface area contributed by atoms with Crippen molar-refractivity contribution in [3.63, 3.8) is 0 Å². The first kappa shape index (κ1) is 101. The number of amides is 1. The van der Waals surface area contributed by atoms with E-state index in [0.717, 1.165) is 114 Å². The lowest BCUT2D eigenvalue weighted by atomic mass is 10.00. The summed E-state index contributed by atoms with van der Waals surface area (Å²) in [5, 5.41) is 49.0. The number of aryl methyl sites for hydroxylation is 5. The molecule has 5 aromatic carbocycles. The fourth-order valence-electron chi connectivity index (χ4n) is 15.5. The Hall–Kier alpha value is -12.2.